The van der Waals surface area contributed by atoms with E-state index in [2.05, 4.69) is 20.8 Å². The van der Waals surface area contributed by atoms with Gasteiger partial charge in [-0.25, -0.2) is 0 Å². The zero-order valence-electron chi connectivity index (χ0n) is 13.0. The van der Waals surface area contributed by atoms with Crippen LogP contribution in [-0.2, 0) is 18.3 Å². The predicted molar refractivity (Wildman–Crippen MR) is 90.1 cm³/mol. The van der Waals surface area contributed by atoms with Crippen molar-refractivity contribution in [1.82, 2.24) is 4.90 Å². The zero-order chi connectivity index (χ0) is 16.0. The first-order chi connectivity index (χ1) is 10.6. The fraction of sp³-hybridized carbons (Fsp3) is 0.600. The van der Waals surface area contributed by atoms with E-state index in [0.29, 0.717) is 39.5 Å². The molecule has 1 aromatic rings. The average molecular weight is 392 g/mol. The SMILES string of the molecule is CCOP(=O)(OCC)C(c1cccc(Br)c1)N1CCOCC1. The lowest BCUT2D eigenvalue weighted by atomic mass is 10.2. The number of rotatable bonds is 7. The van der Waals surface area contributed by atoms with E-state index in [4.69, 9.17) is 13.8 Å². The van der Waals surface area contributed by atoms with Gasteiger partial charge in [0, 0.05) is 17.6 Å². The summed E-state index contributed by atoms with van der Waals surface area (Å²) in [7, 11) is -3.29. The standard InChI is InChI=1S/C15H23BrNO4P/c1-3-20-22(18,21-4-2)15(17-8-10-19-11-9-17)13-6-5-7-14(16)12-13/h5-7,12,15H,3-4,8-11H2,1-2H3. The highest BCUT2D eigenvalue weighted by Gasteiger charge is 2.41. The number of hydrogen-bond acceptors (Lipinski definition) is 5. The quantitative estimate of drug-likeness (QED) is 0.656. The van der Waals surface area contributed by atoms with Gasteiger partial charge >= 0.3 is 7.60 Å². The van der Waals surface area contributed by atoms with Crippen LogP contribution in [0.25, 0.3) is 0 Å². The Hall–Kier alpha value is -0.230. The summed E-state index contributed by atoms with van der Waals surface area (Å²) in [4.78, 5) is 2.14. The second-order valence-corrected chi connectivity index (χ2v) is 7.95. The molecule has 1 aromatic carbocycles. The van der Waals surface area contributed by atoms with E-state index in [9.17, 15) is 4.57 Å². The lowest BCUT2D eigenvalue weighted by Crippen LogP contribution is -2.39. The van der Waals surface area contributed by atoms with E-state index in [0.717, 1.165) is 10.0 Å². The third-order valence-corrected chi connectivity index (χ3v) is 6.41. The first-order valence-corrected chi connectivity index (χ1v) is 9.97. The van der Waals surface area contributed by atoms with Gasteiger partial charge in [0.05, 0.1) is 26.4 Å². The topological polar surface area (TPSA) is 48.0 Å². The van der Waals surface area contributed by atoms with E-state index in [1.807, 2.05) is 38.1 Å². The molecule has 1 atom stereocenters. The van der Waals surface area contributed by atoms with Crippen LogP contribution in [0, 0.1) is 0 Å². The minimum Gasteiger partial charge on any atom is -0.379 e. The van der Waals surface area contributed by atoms with E-state index < -0.39 is 13.4 Å². The van der Waals surface area contributed by atoms with E-state index >= 15 is 0 Å². The second-order valence-electron chi connectivity index (χ2n) is 4.95. The number of nitrogens with zero attached hydrogens (tertiary/aromatic N) is 1. The van der Waals surface area contributed by atoms with Gasteiger partial charge in [0.25, 0.3) is 0 Å². The maximum absolute atomic E-state index is 13.4. The first kappa shape index (κ1) is 18.1. The fourth-order valence-electron chi connectivity index (χ4n) is 2.62. The largest absolute Gasteiger partial charge is 0.379 e. The van der Waals surface area contributed by atoms with Crippen molar-refractivity contribution in [1.29, 1.82) is 0 Å². The van der Waals surface area contributed by atoms with Crippen LogP contribution in [0.5, 0.6) is 0 Å². The molecule has 7 heteroatoms. The number of halogens is 1. The van der Waals surface area contributed by atoms with Crippen LogP contribution in [0.3, 0.4) is 0 Å². The molecule has 1 fully saturated rings. The molecule has 0 aromatic heterocycles. The Kier molecular flexibility index (Phi) is 7.06. The van der Waals surface area contributed by atoms with Crippen molar-refractivity contribution < 1.29 is 18.3 Å². The highest BCUT2D eigenvalue weighted by atomic mass is 79.9. The Labute approximate surface area is 140 Å². The van der Waals surface area contributed by atoms with Gasteiger partial charge in [-0.3, -0.25) is 9.46 Å². The molecule has 2 rings (SSSR count). The zero-order valence-corrected chi connectivity index (χ0v) is 15.5. The summed E-state index contributed by atoms with van der Waals surface area (Å²) in [6, 6.07) is 7.83. The molecule has 0 saturated carbocycles. The third-order valence-electron chi connectivity index (χ3n) is 3.46. The summed E-state index contributed by atoms with van der Waals surface area (Å²) in [5.74, 6) is -0.409. The molecule has 0 bridgehead atoms. The van der Waals surface area contributed by atoms with Crippen molar-refractivity contribution in [3.63, 3.8) is 0 Å². The summed E-state index contributed by atoms with van der Waals surface area (Å²) < 4.78 is 31.0. The summed E-state index contributed by atoms with van der Waals surface area (Å²) in [5, 5.41) is 0. The smallest absolute Gasteiger partial charge is 0.352 e. The summed E-state index contributed by atoms with van der Waals surface area (Å²) >= 11 is 3.48. The number of ether oxygens (including phenoxy) is 1. The van der Waals surface area contributed by atoms with Crippen molar-refractivity contribution in [2.24, 2.45) is 0 Å². The van der Waals surface area contributed by atoms with Crippen molar-refractivity contribution in [3.05, 3.63) is 34.3 Å². The molecular formula is C15H23BrNO4P. The van der Waals surface area contributed by atoms with Gasteiger partial charge in [-0.2, -0.15) is 0 Å². The molecule has 22 heavy (non-hydrogen) atoms. The number of benzene rings is 1. The Morgan fingerprint density at radius 2 is 1.91 bits per heavy atom. The molecule has 1 aliphatic rings. The van der Waals surface area contributed by atoms with Crippen LogP contribution in [0.2, 0.25) is 0 Å². The maximum Gasteiger partial charge on any atom is 0.352 e. The van der Waals surface area contributed by atoms with Gasteiger partial charge in [0.1, 0.15) is 5.78 Å². The van der Waals surface area contributed by atoms with Crippen molar-refractivity contribution in [2.45, 2.75) is 19.6 Å². The van der Waals surface area contributed by atoms with E-state index in [1.165, 1.54) is 0 Å². The first-order valence-electron chi connectivity index (χ1n) is 7.56. The highest BCUT2D eigenvalue weighted by molar-refractivity contribution is 9.10. The van der Waals surface area contributed by atoms with Gasteiger partial charge in [-0.1, -0.05) is 28.1 Å². The summed E-state index contributed by atoms with van der Waals surface area (Å²) in [6.45, 7) is 7.05. The highest BCUT2D eigenvalue weighted by Crippen LogP contribution is 2.62. The molecule has 0 spiro atoms. The van der Waals surface area contributed by atoms with Gasteiger partial charge in [0.2, 0.25) is 0 Å². The molecule has 0 radical (unpaired) electrons. The van der Waals surface area contributed by atoms with Gasteiger partial charge < -0.3 is 13.8 Å². The maximum atomic E-state index is 13.4. The Bertz CT molecular complexity index is 512. The van der Waals surface area contributed by atoms with Crippen LogP contribution in [0.4, 0.5) is 0 Å². The van der Waals surface area contributed by atoms with Crippen LogP contribution in [0.15, 0.2) is 28.7 Å². The molecule has 1 heterocycles. The lowest BCUT2D eigenvalue weighted by Gasteiger charge is -2.37. The summed E-state index contributed by atoms with van der Waals surface area (Å²) in [5.41, 5.74) is 0.932. The second kappa shape index (κ2) is 8.57. The van der Waals surface area contributed by atoms with Gasteiger partial charge in [-0.15, -0.1) is 0 Å². The minimum absolute atomic E-state index is 0.353. The Morgan fingerprint density at radius 1 is 1.27 bits per heavy atom. The van der Waals surface area contributed by atoms with E-state index in [-0.39, 0.29) is 0 Å². The van der Waals surface area contributed by atoms with Crippen LogP contribution >= 0.6 is 23.5 Å². The summed E-state index contributed by atoms with van der Waals surface area (Å²) in [6.07, 6.45) is 0. The van der Waals surface area contributed by atoms with Crippen molar-refractivity contribution >= 4 is 23.5 Å². The molecule has 1 saturated heterocycles. The van der Waals surface area contributed by atoms with Crippen LogP contribution < -0.4 is 0 Å². The Morgan fingerprint density at radius 3 is 2.45 bits per heavy atom. The molecule has 0 N–H and O–H groups in total. The molecule has 5 nitrogen and oxygen atoms in total. The van der Waals surface area contributed by atoms with Crippen molar-refractivity contribution in [3.8, 4) is 0 Å². The molecule has 124 valence electrons. The van der Waals surface area contributed by atoms with E-state index in [1.54, 1.807) is 0 Å². The van der Waals surface area contributed by atoms with Crippen LogP contribution in [-0.4, -0.2) is 44.4 Å². The number of morpholine rings is 1. The molecule has 0 aliphatic carbocycles. The Balaban J connectivity index is 2.41. The fourth-order valence-corrected chi connectivity index (χ4v) is 5.27. The van der Waals surface area contributed by atoms with Gasteiger partial charge in [0.15, 0.2) is 0 Å². The third kappa shape index (κ3) is 4.40. The van der Waals surface area contributed by atoms with Crippen molar-refractivity contribution in [2.75, 3.05) is 39.5 Å². The van der Waals surface area contributed by atoms with Crippen LogP contribution in [0.1, 0.15) is 25.2 Å². The monoisotopic (exact) mass is 391 g/mol. The normalized spacial score (nSPS) is 18.3. The van der Waals surface area contributed by atoms with Gasteiger partial charge in [-0.05, 0) is 31.5 Å². The molecular weight excluding hydrogens is 369 g/mol. The predicted octanol–water partition coefficient (Wildman–Crippen LogP) is 4.05. The molecule has 1 aliphatic heterocycles. The number of hydrogen-bond donors (Lipinski definition) is 0. The minimum atomic E-state index is -3.29. The molecule has 1 unspecified atom stereocenters. The lowest BCUT2D eigenvalue weighted by molar-refractivity contribution is 0.0237. The molecule has 0 amide bonds. The average Bonchev–Trinajstić information content (AvgIpc) is 2.49.